The number of nitrogens with zero attached hydrogens (tertiary/aromatic N) is 1. The molecule has 118 valence electrons. The Morgan fingerprint density at radius 3 is 2.71 bits per heavy atom. The molecule has 2 atom stereocenters. The van der Waals surface area contributed by atoms with Crippen molar-refractivity contribution in [2.75, 3.05) is 12.8 Å². The molecule has 1 aromatic rings. The highest BCUT2D eigenvalue weighted by atomic mass is 32.2. The summed E-state index contributed by atoms with van der Waals surface area (Å²) in [5.74, 6) is 0.0608. The SMILES string of the molecule is CC(C)C(NC(=O)C1CCCN1S(C)(=O)=O)c1cccs1. The van der Waals surface area contributed by atoms with Crippen LogP contribution in [0.2, 0.25) is 0 Å². The first-order valence-corrected chi connectivity index (χ1v) is 9.84. The zero-order valence-corrected chi connectivity index (χ0v) is 14.2. The van der Waals surface area contributed by atoms with E-state index < -0.39 is 16.1 Å². The van der Waals surface area contributed by atoms with E-state index in [1.54, 1.807) is 11.3 Å². The van der Waals surface area contributed by atoms with Gasteiger partial charge in [0.1, 0.15) is 6.04 Å². The highest BCUT2D eigenvalue weighted by Gasteiger charge is 2.37. The van der Waals surface area contributed by atoms with Gasteiger partial charge in [-0.25, -0.2) is 8.42 Å². The van der Waals surface area contributed by atoms with Gasteiger partial charge in [-0.3, -0.25) is 4.79 Å². The van der Waals surface area contributed by atoms with Crippen LogP contribution in [0.5, 0.6) is 0 Å². The Labute approximate surface area is 130 Å². The molecule has 1 amide bonds. The fourth-order valence-electron chi connectivity index (χ4n) is 2.68. The third-order valence-electron chi connectivity index (χ3n) is 3.75. The van der Waals surface area contributed by atoms with Gasteiger partial charge in [0.2, 0.25) is 15.9 Å². The van der Waals surface area contributed by atoms with E-state index in [9.17, 15) is 13.2 Å². The quantitative estimate of drug-likeness (QED) is 0.898. The molecule has 0 aromatic carbocycles. The molecule has 1 aliphatic heterocycles. The monoisotopic (exact) mass is 330 g/mol. The minimum absolute atomic E-state index is 0.0699. The maximum Gasteiger partial charge on any atom is 0.238 e. The molecule has 1 fully saturated rings. The molecule has 2 heterocycles. The minimum atomic E-state index is -3.33. The van der Waals surface area contributed by atoms with Crippen molar-refractivity contribution in [2.45, 2.75) is 38.8 Å². The summed E-state index contributed by atoms with van der Waals surface area (Å²) in [6, 6.07) is 3.32. The summed E-state index contributed by atoms with van der Waals surface area (Å²) in [6.45, 7) is 4.53. The first-order chi connectivity index (χ1) is 9.80. The minimum Gasteiger partial charge on any atom is -0.347 e. The zero-order chi connectivity index (χ0) is 15.6. The Balaban J connectivity index is 2.12. The molecule has 0 radical (unpaired) electrons. The van der Waals surface area contributed by atoms with Crippen molar-refractivity contribution >= 4 is 27.3 Å². The predicted molar refractivity (Wildman–Crippen MR) is 84.6 cm³/mol. The first-order valence-electron chi connectivity index (χ1n) is 7.11. The van der Waals surface area contributed by atoms with Crippen molar-refractivity contribution in [3.05, 3.63) is 22.4 Å². The molecule has 1 aliphatic rings. The van der Waals surface area contributed by atoms with Crippen LogP contribution in [0.25, 0.3) is 0 Å². The third kappa shape index (κ3) is 3.84. The van der Waals surface area contributed by atoms with Crippen molar-refractivity contribution < 1.29 is 13.2 Å². The Morgan fingerprint density at radius 1 is 1.48 bits per heavy atom. The summed E-state index contributed by atoms with van der Waals surface area (Å²) in [5.41, 5.74) is 0. The van der Waals surface area contributed by atoms with Gasteiger partial charge in [0.15, 0.2) is 0 Å². The fourth-order valence-corrected chi connectivity index (χ4v) is 4.76. The molecule has 0 saturated carbocycles. The van der Waals surface area contributed by atoms with Crippen LogP contribution in [-0.4, -0.2) is 37.5 Å². The van der Waals surface area contributed by atoms with E-state index in [-0.39, 0.29) is 17.9 Å². The summed E-state index contributed by atoms with van der Waals surface area (Å²) >= 11 is 1.60. The van der Waals surface area contributed by atoms with Gasteiger partial charge in [-0.1, -0.05) is 19.9 Å². The summed E-state index contributed by atoms with van der Waals surface area (Å²) in [7, 11) is -3.33. The Morgan fingerprint density at radius 2 is 2.19 bits per heavy atom. The standard InChI is InChI=1S/C14H22N2O3S2/c1-10(2)13(12-7-5-9-20-12)15-14(17)11-6-4-8-16(11)21(3,18)19/h5,7,9-11,13H,4,6,8H2,1-3H3,(H,15,17). The van der Waals surface area contributed by atoms with Crippen LogP contribution < -0.4 is 5.32 Å². The fraction of sp³-hybridized carbons (Fsp3) is 0.643. The molecule has 0 aliphatic carbocycles. The van der Waals surface area contributed by atoms with Gasteiger partial charge in [-0.05, 0) is 30.2 Å². The lowest BCUT2D eigenvalue weighted by Gasteiger charge is -2.26. The highest BCUT2D eigenvalue weighted by Crippen LogP contribution is 2.27. The second-order valence-corrected chi connectivity index (χ2v) is 8.69. The van der Waals surface area contributed by atoms with Gasteiger partial charge < -0.3 is 5.32 Å². The number of hydrogen-bond donors (Lipinski definition) is 1. The van der Waals surface area contributed by atoms with Crippen molar-refractivity contribution in [1.82, 2.24) is 9.62 Å². The number of rotatable bonds is 5. The Kier molecular flexibility index (Phi) is 5.06. The lowest BCUT2D eigenvalue weighted by Crippen LogP contribution is -2.47. The van der Waals surface area contributed by atoms with Crippen LogP contribution >= 0.6 is 11.3 Å². The van der Waals surface area contributed by atoms with Gasteiger partial charge in [0.25, 0.3) is 0 Å². The van der Waals surface area contributed by atoms with Crippen molar-refractivity contribution in [3.8, 4) is 0 Å². The van der Waals surface area contributed by atoms with Gasteiger partial charge in [0, 0.05) is 11.4 Å². The Hall–Kier alpha value is -0.920. The molecular weight excluding hydrogens is 308 g/mol. The van der Waals surface area contributed by atoms with Crippen molar-refractivity contribution in [3.63, 3.8) is 0 Å². The van der Waals surface area contributed by atoms with Crippen LogP contribution in [0.1, 0.15) is 37.6 Å². The number of sulfonamides is 1. The van der Waals surface area contributed by atoms with Crippen LogP contribution in [0, 0.1) is 5.92 Å². The molecule has 0 spiro atoms. The van der Waals surface area contributed by atoms with Crippen LogP contribution in [-0.2, 0) is 14.8 Å². The smallest absolute Gasteiger partial charge is 0.238 e. The lowest BCUT2D eigenvalue weighted by molar-refractivity contribution is -0.125. The highest BCUT2D eigenvalue weighted by molar-refractivity contribution is 7.88. The van der Waals surface area contributed by atoms with E-state index in [0.717, 1.165) is 17.6 Å². The molecule has 21 heavy (non-hydrogen) atoms. The molecule has 2 unspecified atom stereocenters. The first kappa shape index (κ1) is 16.5. The van der Waals surface area contributed by atoms with E-state index in [1.807, 2.05) is 31.4 Å². The Bertz CT molecular complexity index is 581. The van der Waals surface area contributed by atoms with E-state index in [0.29, 0.717) is 13.0 Å². The predicted octanol–water partition coefficient (Wildman–Crippen LogP) is 1.99. The van der Waals surface area contributed by atoms with Gasteiger partial charge in [-0.2, -0.15) is 4.31 Å². The maximum absolute atomic E-state index is 12.5. The van der Waals surface area contributed by atoms with Crippen LogP contribution in [0.15, 0.2) is 17.5 Å². The summed E-state index contributed by atoms with van der Waals surface area (Å²) in [4.78, 5) is 13.6. The lowest BCUT2D eigenvalue weighted by atomic mass is 10.0. The molecule has 5 nitrogen and oxygen atoms in total. The summed E-state index contributed by atoms with van der Waals surface area (Å²) < 4.78 is 24.8. The van der Waals surface area contributed by atoms with Crippen LogP contribution in [0.3, 0.4) is 0 Å². The molecule has 2 rings (SSSR count). The number of thiophene rings is 1. The molecule has 1 N–H and O–H groups in total. The van der Waals surface area contributed by atoms with E-state index in [1.165, 1.54) is 4.31 Å². The number of nitrogens with one attached hydrogen (secondary N) is 1. The van der Waals surface area contributed by atoms with Crippen LogP contribution in [0.4, 0.5) is 0 Å². The largest absolute Gasteiger partial charge is 0.347 e. The molecule has 1 aromatic heterocycles. The number of hydrogen-bond acceptors (Lipinski definition) is 4. The van der Waals surface area contributed by atoms with Crippen molar-refractivity contribution in [2.24, 2.45) is 5.92 Å². The molecule has 1 saturated heterocycles. The zero-order valence-electron chi connectivity index (χ0n) is 12.6. The van der Waals surface area contributed by atoms with Crippen molar-refractivity contribution in [1.29, 1.82) is 0 Å². The van der Waals surface area contributed by atoms with E-state index >= 15 is 0 Å². The molecule has 0 bridgehead atoms. The molecule has 7 heteroatoms. The maximum atomic E-state index is 12.5. The summed E-state index contributed by atoms with van der Waals surface area (Å²) in [6.07, 6.45) is 2.49. The second-order valence-electron chi connectivity index (χ2n) is 5.78. The van der Waals surface area contributed by atoms with E-state index in [2.05, 4.69) is 5.32 Å². The average molecular weight is 330 g/mol. The molecular formula is C14H22N2O3S2. The van der Waals surface area contributed by atoms with Gasteiger partial charge in [0.05, 0.1) is 12.3 Å². The van der Waals surface area contributed by atoms with E-state index in [4.69, 9.17) is 0 Å². The van der Waals surface area contributed by atoms with Gasteiger partial charge >= 0.3 is 0 Å². The number of carbonyl (C=O) groups excluding carboxylic acids is 1. The topological polar surface area (TPSA) is 66.5 Å². The number of amides is 1. The summed E-state index contributed by atoms with van der Waals surface area (Å²) in [5, 5.41) is 5.01. The number of carbonyl (C=O) groups is 1. The van der Waals surface area contributed by atoms with Gasteiger partial charge in [-0.15, -0.1) is 11.3 Å². The third-order valence-corrected chi connectivity index (χ3v) is 5.99. The normalized spacial score (nSPS) is 21.6. The second kappa shape index (κ2) is 6.46. The average Bonchev–Trinajstić information content (AvgIpc) is 3.04.